The van der Waals surface area contributed by atoms with Gasteiger partial charge in [0.25, 0.3) is 5.91 Å². The minimum absolute atomic E-state index is 0.0776. The lowest BCUT2D eigenvalue weighted by Crippen LogP contribution is -2.39. The number of carbonyl (C=O) groups excluding carboxylic acids is 1. The van der Waals surface area contributed by atoms with Crippen LogP contribution in [0.3, 0.4) is 0 Å². The van der Waals surface area contributed by atoms with E-state index in [-0.39, 0.29) is 36.5 Å². The highest BCUT2D eigenvalue weighted by Crippen LogP contribution is 2.38. The molecule has 4 rings (SSSR count). The first-order valence-corrected chi connectivity index (χ1v) is 11.3. The normalized spacial score (nSPS) is 14.9. The summed E-state index contributed by atoms with van der Waals surface area (Å²) in [5.41, 5.74) is 4.62. The molecule has 0 radical (unpaired) electrons. The first-order chi connectivity index (χ1) is 16.2. The van der Waals surface area contributed by atoms with Crippen molar-refractivity contribution in [2.24, 2.45) is 0 Å². The van der Waals surface area contributed by atoms with Crippen molar-refractivity contribution >= 4 is 23.0 Å². The molecule has 4 N–H and O–H groups in total. The van der Waals surface area contributed by atoms with Crippen LogP contribution in [0.15, 0.2) is 60.8 Å². The van der Waals surface area contributed by atoms with E-state index in [0.717, 1.165) is 17.1 Å². The molecule has 1 unspecified atom stereocenters. The van der Waals surface area contributed by atoms with Gasteiger partial charge in [-0.05, 0) is 41.3 Å². The molecular formula is C26H31N5O3. The number of fused-ring (bicyclic) bond motifs is 1. The highest BCUT2D eigenvalue weighted by atomic mass is 16.5. The van der Waals surface area contributed by atoms with Crippen LogP contribution >= 0.6 is 0 Å². The zero-order chi connectivity index (χ0) is 24.3. The molecule has 1 atom stereocenters. The molecule has 2 aromatic carbocycles. The van der Waals surface area contributed by atoms with Crippen molar-refractivity contribution in [1.29, 1.82) is 0 Å². The molecule has 0 bridgehead atoms. The number of anilines is 3. The molecule has 0 saturated heterocycles. The number of ether oxygens (including phenoxy) is 1. The zero-order valence-corrected chi connectivity index (χ0v) is 19.9. The predicted molar refractivity (Wildman–Crippen MR) is 135 cm³/mol. The molecule has 1 aromatic heterocycles. The van der Waals surface area contributed by atoms with E-state index in [1.807, 2.05) is 25.2 Å². The summed E-state index contributed by atoms with van der Waals surface area (Å²) < 4.78 is 5.99. The van der Waals surface area contributed by atoms with Gasteiger partial charge in [-0.2, -0.15) is 0 Å². The number of aliphatic hydroxyl groups is 1. The van der Waals surface area contributed by atoms with Gasteiger partial charge < -0.3 is 30.7 Å². The Kier molecular flexibility index (Phi) is 6.61. The summed E-state index contributed by atoms with van der Waals surface area (Å²) >= 11 is 0. The van der Waals surface area contributed by atoms with Crippen LogP contribution in [0.1, 0.15) is 36.8 Å². The fraction of sp³-hybridized carbons (Fsp3) is 0.308. The molecule has 178 valence electrons. The number of nitrogens with zero attached hydrogens (tertiary/aromatic N) is 2. The summed E-state index contributed by atoms with van der Waals surface area (Å²) in [5.74, 6) is 0.785. The number of hydrogen-bond acceptors (Lipinski definition) is 7. The summed E-state index contributed by atoms with van der Waals surface area (Å²) in [6.45, 7) is 6.66. The van der Waals surface area contributed by atoms with E-state index in [2.05, 4.69) is 70.9 Å². The molecule has 0 fully saturated rings. The van der Waals surface area contributed by atoms with Gasteiger partial charge in [0.1, 0.15) is 17.2 Å². The molecule has 8 nitrogen and oxygen atoms in total. The van der Waals surface area contributed by atoms with E-state index in [9.17, 15) is 4.79 Å². The number of amides is 1. The standard InChI is InChI=1S/C26H31N5O3/c1-26(2,3)17-6-5-7-18(14-17)29-25-30-21-15-19(8-9-23(21)31(25)4)34-20-10-11-27-22(16-20)24(33)28-12-13-32/h5-11,14-16,25,29-30,32H,12-13H2,1-4H3,(H,28,33). The number of pyridine rings is 1. The minimum Gasteiger partial charge on any atom is -0.457 e. The SMILES string of the molecule is CN1c2ccc(Oc3ccnc(C(=O)NCCO)c3)cc2NC1Nc1cccc(C(C)(C)C)c1. The first-order valence-electron chi connectivity index (χ1n) is 11.3. The van der Waals surface area contributed by atoms with E-state index < -0.39 is 0 Å². The molecule has 2 heterocycles. The Morgan fingerprint density at radius 2 is 1.94 bits per heavy atom. The lowest BCUT2D eigenvalue weighted by atomic mass is 9.87. The average molecular weight is 462 g/mol. The number of carbonyl (C=O) groups is 1. The second-order valence-electron chi connectivity index (χ2n) is 9.27. The molecule has 34 heavy (non-hydrogen) atoms. The Labute approximate surface area is 200 Å². The van der Waals surface area contributed by atoms with Crippen molar-refractivity contribution < 1.29 is 14.6 Å². The molecule has 0 aliphatic carbocycles. The van der Waals surface area contributed by atoms with Crippen LogP contribution in [-0.4, -0.2) is 42.5 Å². The number of nitrogens with one attached hydrogen (secondary N) is 3. The lowest BCUT2D eigenvalue weighted by molar-refractivity contribution is 0.0939. The molecular weight excluding hydrogens is 430 g/mol. The summed E-state index contributed by atoms with van der Waals surface area (Å²) in [6, 6.07) is 17.6. The maximum Gasteiger partial charge on any atom is 0.270 e. The summed E-state index contributed by atoms with van der Waals surface area (Å²) in [6.07, 6.45) is 1.41. The van der Waals surface area contributed by atoms with Gasteiger partial charge in [0, 0.05) is 37.6 Å². The highest BCUT2D eigenvalue weighted by molar-refractivity contribution is 5.92. The van der Waals surface area contributed by atoms with Crippen LogP contribution in [0.5, 0.6) is 11.5 Å². The fourth-order valence-corrected chi connectivity index (χ4v) is 3.75. The number of aromatic nitrogens is 1. The van der Waals surface area contributed by atoms with Crippen molar-refractivity contribution in [3.05, 3.63) is 72.1 Å². The Morgan fingerprint density at radius 3 is 2.71 bits per heavy atom. The van der Waals surface area contributed by atoms with Gasteiger partial charge in [0.05, 0.1) is 18.0 Å². The topological polar surface area (TPSA) is 98.8 Å². The van der Waals surface area contributed by atoms with Crippen LogP contribution in [0, 0.1) is 0 Å². The second-order valence-corrected chi connectivity index (χ2v) is 9.27. The monoisotopic (exact) mass is 461 g/mol. The third-order valence-corrected chi connectivity index (χ3v) is 5.66. The smallest absolute Gasteiger partial charge is 0.270 e. The van der Waals surface area contributed by atoms with E-state index in [4.69, 9.17) is 9.84 Å². The van der Waals surface area contributed by atoms with E-state index in [1.54, 1.807) is 12.1 Å². The van der Waals surface area contributed by atoms with Crippen LogP contribution in [0.4, 0.5) is 17.1 Å². The quantitative estimate of drug-likeness (QED) is 0.420. The van der Waals surface area contributed by atoms with E-state index in [1.165, 1.54) is 11.8 Å². The van der Waals surface area contributed by atoms with Crippen molar-refractivity contribution in [2.45, 2.75) is 32.5 Å². The van der Waals surface area contributed by atoms with Gasteiger partial charge in [-0.3, -0.25) is 9.78 Å². The van der Waals surface area contributed by atoms with Crippen LogP contribution < -0.4 is 25.6 Å². The Morgan fingerprint density at radius 1 is 1.15 bits per heavy atom. The fourth-order valence-electron chi connectivity index (χ4n) is 3.75. The maximum atomic E-state index is 12.1. The summed E-state index contributed by atoms with van der Waals surface area (Å²) in [4.78, 5) is 18.3. The molecule has 8 heteroatoms. The van der Waals surface area contributed by atoms with Gasteiger partial charge in [-0.15, -0.1) is 0 Å². The van der Waals surface area contributed by atoms with Crippen LogP contribution in [0.25, 0.3) is 0 Å². The number of rotatable bonds is 7. The van der Waals surface area contributed by atoms with Crippen LogP contribution in [-0.2, 0) is 5.41 Å². The van der Waals surface area contributed by atoms with E-state index in [0.29, 0.717) is 11.5 Å². The van der Waals surface area contributed by atoms with Crippen molar-refractivity contribution in [3.8, 4) is 11.5 Å². The molecule has 3 aromatic rings. The largest absolute Gasteiger partial charge is 0.457 e. The molecule has 1 amide bonds. The Hall–Kier alpha value is -3.78. The van der Waals surface area contributed by atoms with Gasteiger partial charge in [0.2, 0.25) is 0 Å². The number of aliphatic hydroxyl groups excluding tert-OH is 1. The average Bonchev–Trinajstić information content (AvgIpc) is 3.11. The maximum absolute atomic E-state index is 12.1. The third-order valence-electron chi connectivity index (χ3n) is 5.66. The van der Waals surface area contributed by atoms with Gasteiger partial charge in [0.15, 0.2) is 6.29 Å². The van der Waals surface area contributed by atoms with Crippen molar-refractivity contribution in [2.75, 3.05) is 35.7 Å². The summed E-state index contributed by atoms with van der Waals surface area (Å²) in [7, 11) is 2.03. The second kappa shape index (κ2) is 9.61. The van der Waals surface area contributed by atoms with Gasteiger partial charge in [-0.25, -0.2) is 0 Å². The van der Waals surface area contributed by atoms with Gasteiger partial charge in [-0.1, -0.05) is 32.9 Å². The van der Waals surface area contributed by atoms with Crippen molar-refractivity contribution in [3.63, 3.8) is 0 Å². The minimum atomic E-state index is -0.360. The molecule has 1 aliphatic heterocycles. The molecule has 0 saturated carbocycles. The Bertz CT molecular complexity index is 1180. The highest BCUT2D eigenvalue weighted by Gasteiger charge is 2.26. The van der Waals surface area contributed by atoms with Crippen LogP contribution in [0.2, 0.25) is 0 Å². The molecule has 1 aliphatic rings. The van der Waals surface area contributed by atoms with Crippen molar-refractivity contribution in [1.82, 2.24) is 10.3 Å². The number of benzene rings is 2. The van der Waals surface area contributed by atoms with E-state index >= 15 is 0 Å². The first kappa shape index (κ1) is 23.4. The Balaban J connectivity index is 1.46. The summed E-state index contributed by atoms with van der Waals surface area (Å²) in [5, 5.41) is 18.5. The number of hydrogen-bond donors (Lipinski definition) is 4. The van der Waals surface area contributed by atoms with Gasteiger partial charge >= 0.3 is 0 Å². The third kappa shape index (κ3) is 5.23. The lowest BCUT2D eigenvalue weighted by Gasteiger charge is -2.25. The molecule has 0 spiro atoms. The zero-order valence-electron chi connectivity index (χ0n) is 19.9. The predicted octanol–water partition coefficient (Wildman–Crippen LogP) is 4.15.